The minimum absolute atomic E-state index is 0.0233. The number of esters is 2. The lowest BCUT2D eigenvalue weighted by Crippen LogP contribution is -2.37. The van der Waals surface area contributed by atoms with E-state index in [9.17, 15) is 29.3 Å². The third kappa shape index (κ3) is 30.2. The van der Waals surface area contributed by atoms with Crippen LogP contribution in [0.4, 0.5) is 0 Å². The highest BCUT2D eigenvalue weighted by atomic mass is 31.2. The number of carbonyl (C=O) groups excluding carboxylic acids is 2. The van der Waals surface area contributed by atoms with Gasteiger partial charge < -0.3 is 33.5 Å². The number of aryl methyl sites for hydroxylation is 2. The molecule has 0 bridgehead atoms. The fraction of sp³-hybridized carbons (Fsp3) is 0.750. The lowest BCUT2D eigenvalue weighted by molar-refractivity contribution is -0.870. The fourth-order valence-electron chi connectivity index (χ4n) is 6.47. The molecule has 0 fully saturated rings. The number of phosphoric ester groups is 1. The molecule has 12 nitrogen and oxygen atoms in total. The summed E-state index contributed by atoms with van der Waals surface area (Å²) in [5, 5.41) is 20.8. The number of aliphatic hydroxyl groups excluding tert-OH is 2. The van der Waals surface area contributed by atoms with Gasteiger partial charge in [-0.3, -0.25) is 18.6 Å². The second kappa shape index (κ2) is 33.9. The monoisotopic (exact) mass is 883 g/mol. The largest absolute Gasteiger partial charge is 0.472 e. The summed E-state index contributed by atoms with van der Waals surface area (Å²) in [5.74, 6) is 1.12. The number of hydrogen-bond donors (Lipinski definition) is 3. The molecule has 1 aromatic rings. The first-order valence-corrected chi connectivity index (χ1v) is 24.7. The van der Waals surface area contributed by atoms with Crippen LogP contribution in [0.25, 0.3) is 0 Å². The number of hydrogen-bond acceptors (Lipinski definition) is 10. The average molecular weight is 883 g/mol. The summed E-state index contributed by atoms with van der Waals surface area (Å²) in [6.45, 7) is 8.27. The highest BCUT2D eigenvalue weighted by Gasteiger charge is 2.27. The summed E-state index contributed by atoms with van der Waals surface area (Å²) in [5.41, 5.74) is 2.57. The van der Waals surface area contributed by atoms with E-state index in [1.165, 1.54) is 43.2 Å². The minimum Gasteiger partial charge on any atom is -0.466 e. The molecule has 0 radical (unpaired) electrons. The van der Waals surface area contributed by atoms with Gasteiger partial charge in [0.2, 0.25) is 0 Å². The molecule has 0 aliphatic rings. The molecule has 0 saturated carbocycles. The number of likely N-dealkylation sites (N-methyl/N-ethyl adjacent to an activating group) is 1. The second-order valence-electron chi connectivity index (χ2n) is 17.3. The summed E-state index contributed by atoms with van der Waals surface area (Å²) >= 11 is 0. The van der Waals surface area contributed by atoms with Crippen LogP contribution in [0.5, 0.6) is 0 Å². The van der Waals surface area contributed by atoms with Crippen LogP contribution in [0.3, 0.4) is 0 Å². The summed E-state index contributed by atoms with van der Waals surface area (Å²) in [6.07, 6.45) is 27.8. The van der Waals surface area contributed by atoms with E-state index in [4.69, 9.17) is 22.9 Å². The molecule has 0 spiro atoms. The number of quaternary nitrogens is 1. The maximum atomic E-state index is 12.8. The van der Waals surface area contributed by atoms with E-state index in [2.05, 4.69) is 52.0 Å². The molecule has 4 atom stereocenters. The fourth-order valence-corrected chi connectivity index (χ4v) is 7.21. The molecule has 0 saturated heterocycles. The highest BCUT2D eigenvalue weighted by molar-refractivity contribution is 7.47. The Kier molecular flexibility index (Phi) is 31.4. The molecule has 0 aliphatic heterocycles. The van der Waals surface area contributed by atoms with Gasteiger partial charge in [0.1, 0.15) is 31.3 Å². The third-order valence-corrected chi connectivity index (χ3v) is 11.6. The Balaban J connectivity index is 2.48. The minimum atomic E-state index is -4.46. The number of allylic oxidation sites excluding steroid dienone is 5. The number of ether oxygens (including phenoxy) is 2. The number of furan rings is 1. The Labute approximate surface area is 369 Å². The van der Waals surface area contributed by atoms with Crippen molar-refractivity contribution in [3.05, 3.63) is 59.1 Å². The van der Waals surface area contributed by atoms with Crippen LogP contribution < -0.4 is 0 Å². The van der Waals surface area contributed by atoms with Crippen molar-refractivity contribution in [3.63, 3.8) is 0 Å². The van der Waals surface area contributed by atoms with Crippen molar-refractivity contribution in [1.29, 1.82) is 0 Å². The topological polar surface area (TPSA) is 162 Å². The lowest BCUT2D eigenvalue weighted by atomic mass is 10.0. The molecule has 13 heteroatoms. The number of rotatable bonds is 38. The highest BCUT2D eigenvalue weighted by Crippen LogP contribution is 2.43. The van der Waals surface area contributed by atoms with Crippen LogP contribution in [0.1, 0.15) is 165 Å². The molecule has 0 amide bonds. The molecule has 61 heavy (non-hydrogen) atoms. The molecule has 1 aromatic heterocycles. The number of nitrogens with zero attached hydrogens (tertiary/aromatic N) is 1. The standard InChI is InChI=1S/C48H84NO11P/c1-8-10-12-13-14-15-16-17-18-19-22-26-30-43(50)44(51)31-29-35-47(52)56-38-42(39-58-61(54,55)57-37-36-49(5,6)7)59-48(53)34-28-24-21-20-23-27-33-46-41(4)40(3)45(60-46)32-25-11-9-2/h14-15,17-18,22,26,42-44,50-51H,8-13,16,19-21,23-25,27-39H2,1-7H3/p+1/b15-14-,18-17-,26-22-/t42-,43?,44?/m1/s1. The Morgan fingerprint density at radius 2 is 1.25 bits per heavy atom. The van der Waals surface area contributed by atoms with Gasteiger partial charge in [-0.05, 0) is 89.2 Å². The Morgan fingerprint density at radius 1 is 0.689 bits per heavy atom. The van der Waals surface area contributed by atoms with Crippen LogP contribution in [0, 0.1) is 13.8 Å². The van der Waals surface area contributed by atoms with Crippen molar-refractivity contribution in [2.75, 3.05) is 47.5 Å². The quantitative estimate of drug-likeness (QED) is 0.0191. The van der Waals surface area contributed by atoms with Gasteiger partial charge in [0, 0.05) is 25.7 Å². The van der Waals surface area contributed by atoms with Crippen molar-refractivity contribution in [1.82, 2.24) is 0 Å². The Bertz CT molecular complexity index is 1450. The molecule has 0 aromatic carbocycles. The first kappa shape index (κ1) is 56.4. The van der Waals surface area contributed by atoms with Gasteiger partial charge in [-0.2, -0.15) is 0 Å². The predicted octanol–water partition coefficient (Wildman–Crippen LogP) is 10.5. The average Bonchev–Trinajstić information content (AvgIpc) is 3.47. The van der Waals surface area contributed by atoms with E-state index >= 15 is 0 Å². The van der Waals surface area contributed by atoms with E-state index in [0.29, 0.717) is 23.9 Å². The van der Waals surface area contributed by atoms with Crippen molar-refractivity contribution < 1.29 is 56.7 Å². The molecule has 1 rings (SSSR count). The number of aliphatic hydroxyl groups is 2. The van der Waals surface area contributed by atoms with E-state index in [1.54, 1.807) is 0 Å². The van der Waals surface area contributed by atoms with Gasteiger partial charge in [-0.1, -0.05) is 102 Å². The van der Waals surface area contributed by atoms with Crippen LogP contribution in [0.2, 0.25) is 0 Å². The van der Waals surface area contributed by atoms with Crippen LogP contribution in [-0.2, 0) is 45.5 Å². The van der Waals surface area contributed by atoms with Gasteiger partial charge in [0.05, 0.1) is 40.0 Å². The van der Waals surface area contributed by atoms with E-state index in [-0.39, 0.29) is 38.9 Å². The van der Waals surface area contributed by atoms with Gasteiger partial charge in [0.25, 0.3) is 0 Å². The summed E-state index contributed by atoms with van der Waals surface area (Å²) in [6, 6.07) is 0. The zero-order chi connectivity index (χ0) is 45.4. The molecule has 352 valence electrons. The van der Waals surface area contributed by atoms with Crippen molar-refractivity contribution in [3.8, 4) is 0 Å². The first-order valence-electron chi connectivity index (χ1n) is 23.2. The summed E-state index contributed by atoms with van der Waals surface area (Å²) in [7, 11) is 1.29. The Hall–Kier alpha value is -2.57. The molecule has 0 aliphatic carbocycles. The SMILES string of the molecule is CCCCC/C=C\C/C=C\C/C=C\CC(O)C(O)CCCC(=O)OC[C@H](COP(=O)(O)OCC[N+](C)(C)C)OC(=O)CCCCCCCCc1oc(CCCCC)c(C)c1C. The second-order valence-corrected chi connectivity index (χ2v) is 18.8. The third-order valence-electron chi connectivity index (χ3n) is 10.6. The zero-order valence-electron chi connectivity index (χ0n) is 39.1. The predicted molar refractivity (Wildman–Crippen MR) is 244 cm³/mol. The molecular weight excluding hydrogens is 797 g/mol. The van der Waals surface area contributed by atoms with Crippen LogP contribution in [0.15, 0.2) is 40.9 Å². The Morgan fingerprint density at radius 3 is 1.89 bits per heavy atom. The summed E-state index contributed by atoms with van der Waals surface area (Å²) < 4.78 is 40.4. The van der Waals surface area contributed by atoms with E-state index in [1.807, 2.05) is 33.3 Å². The smallest absolute Gasteiger partial charge is 0.466 e. The number of carbonyl (C=O) groups is 2. The summed E-state index contributed by atoms with van der Waals surface area (Å²) in [4.78, 5) is 35.6. The molecule has 1 heterocycles. The molecular formula is C48H85NO11P+. The normalized spacial score (nSPS) is 14.9. The van der Waals surface area contributed by atoms with Crippen molar-refractivity contribution in [2.24, 2.45) is 0 Å². The van der Waals surface area contributed by atoms with Crippen LogP contribution in [-0.4, -0.2) is 97.3 Å². The number of phosphoric acid groups is 1. The lowest BCUT2D eigenvalue weighted by Gasteiger charge is -2.24. The maximum absolute atomic E-state index is 12.8. The number of unbranched alkanes of at least 4 members (excludes halogenated alkanes) is 10. The van der Waals surface area contributed by atoms with Gasteiger partial charge in [-0.25, -0.2) is 4.57 Å². The first-order chi connectivity index (χ1) is 29.1. The maximum Gasteiger partial charge on any atom is 0.472 e. The van der Waals surface area contributed by atoms with Gasteiger partial charge in [-0.15, -0.1) is 0 Å². The molecule has 3 N–H and O–H groups in total. The van der Waals surface area contributed by atoms with Crippen molar-refractivity contribution >= 4 is 19.8 Å². The van der Waals surface area contributed by atoms with Gasteiger partial charge in [0.15, 0.2) is 6.10 Å². The zero-order valence-corrected chi connectivity index (χ0v) is 40.0. The molecule has 3 unspecified atom stereocenters. The van der Waals surface area contributed by atoms with Crippen LogP contribution >= 0.6 is 7.82 Å². The van der Waals surface area contributed by atoms with Crippen molar-refractivity contribution in [2.45, 2.75) is 187 Å². The van der Waals surface area contributed by atoms with Gasteiger partial charge >= 0.3 is 19.8 Å². The van der Waals surface area contributed by atoms with E-state index < -0.39 is 44.7 Å². The van der Waals surface area contributed by atoms with E-state index in [0.717, 1.165) is 82.1 Å².